The van der Waals surface area contributed by atoms with Crippen LogP contribution in [0.2, 0.25) is 0 Å². The number of piperidine rings is 1. The summed E-state index contributed by atoms with van der Waals surface area (Å²) in [7, 11) is 1.77. The Hall–Kier alpha value is -1.13. The van der Waals surface area contributed by atoms with Crippen LogP contribution in [0.15, 0.2) is 18.2 Å². The summed E-state index contributed by atoms with van der Waals surface area (Å²) < 4.78 is 19.6. The molecular weight excluding hydrogens is 267 g/mol. The van der Waals surface area contributed by atoms with Crippen LogP contribution < -0.4 is 10.2 Å². The lowest BCUT2D eigenvalue weighted by Gasteiger charge is -2.34. The molecule has 1 aromatic carbocycles. The average molecular weight is 294 g/mol. The SMILES string of the molecule is COC1CCN(c2cccc(F)c2CNCC(C)C)CC1. The molecule has 4 heteroatoms. The quantitative estimate of drug-likeness (QED) is 0.872. The number of anilines is 1. The molecule has 3 nitrogen and oxygen atoms in total. The Balaban J connectivity index is 2.06. The normalized spacial score (nSPS) is 16.7. The Labute approximate surface area is 127 Å². The fourth-order valence-electron chi connectivity index (χ4n) is 2.84. The lowest BCUT2D eigenvalue weighted by molar-refractivity contribution is 0.0819. The zero-order chi connectivity index (χ0) is 15.2. The van der Waals surface area contributed by atoms with Crippen molar-refractivity contribution in [3.63, 3.8) is 0 Å². The van der Waals surface area contributed by atoms with Crippen LogP contribution in [-0.4, -0.2) is 32.8 Å². The van der Waals surface area contributed by atoms with Gasteiger partial charge in [-0.25, -0.2) is 4.39 Å². The molecule has 118 valence electrons. The van der Waals surface area contributed by atoms with E-state index in [2.05, 4.69) is 24.1 Å². The van der Waals surface area contributed by atoms with Crippen LogP contribution >= 0.6 is 0 Å². The van der Waals surface area contributed by atoms with Crippen molar-refractivity contribution in [3.05, 3.63) is 29.6 Å². The lowest BCUT2D eigenvalue weighted by atomic mass is 10.0. The third kappa shape index (κ3) is 4.42. The molecule has 0 radical (unpaired) electrons. The molecular formula is C17H27FN2O. The third-order valence-corrected chi connectivity index (χ3v) is 4.06. The first-order chi connectivity index (χ1) is 10.1. The van der Waals surface area contributed by atoms with E-state index in [0.29, 0.717) is 18.6 Å². The minimum atomic E-state index is -0.113. The maximum absolute atomic E-state index is 14.2. The van der Waals surface area contributed by atoms with E-state index in [0.717, 1.165) is 43.7 Å². The Morgan fingerprint density at radius 2 is 2.05 bits per heavy atom. The summed E-state index contributed by atoms with van der Waals surface area (Å²) >= 11 is 0. The van der Waals surface area contributed by atoms with Crippen molar-refractivity contribution >= 4 is 5.69 Å². The molecule has 0 saturated carbocycles. The number of halogens is 1. The number of nitrogens with one attached hydrogen (secondary N) is 1. The second-order valence-electron chi connectivity index (χ2n) is 6.18. The molecule has 21 heavy (non-hydrogen) atoms. The zero-order valence-electron chi connectivity index (χ0n) is 13.4. The number of benzene rings is 1. The van der Waals surface area contributed by atoms with E-state index in [1.54, 1.807) is 19.2 Å². The smallest absolute Gasteiger partial charge is 0.129 e. The Morgan fingerprint density at radius 3 is 2.67 bits per heavy atom. The van der Waals surface area contributed by atoms with Crippen molar-refractivity contribution in [2.75, 3.05) is 31.6 Å². The van der Waals surface area contributed by atoms with E-state index < -0.39 is 0 Å². The van der Waals surface area contributed by atoms with Gasteiger partial charge in [0.1, 0.15) is 5.82 Å². The second kappa shape index (κ2) is 7.76. The van der Waals surface area contributed by atoms with Crippen LogP contribution in [0.5, 0.6) is 0 Å². The molecule has 1 saturated heterocycles. The Bertz CT molecular complexity index is 442. The van der Waals surface area contributed by atoms with Crippen molar-refractivity contribution in [2.45, 2.75) is 39.3 Å². The number of rotatable bonds is 6. The van der Waals surface area contributed by atoms with Gasteiger partial charge in [0.05, 0.1) is 6.10 Å². The molecule has 1 aliphatic rings. The highest BCUT2D eigenvalue weighted by Crippen LogP contribution is 2.27. The van der Waals surface area contributed by atoms with Gasteiger partial charge in [0.25, 0.3) is 0 Å². The topological polar surface area (TPSA) is 24.5 Å². The third-order valence-electron chi connectivity index (χ3n) is 4.06. The van der Waals surface area contributed by atoms with Crippen LogP contribution in [0, 0.1) is 11.7 Å². The standard InChI is InChI=1S/C17H27FN2O/c1-13(2)11-19-12-15-16(18)5-4-6-17(15)20-9-7-14(21-3)8-10-20/h4-6,13-14,19H,7-12H2,1-3H3. The van der Waals surface area contributed by atoms with Gasteiger partial charge in [-0.05, 0) is 37.4 Å². The number of ether oxygens (including phenoxy) is 1. The maximum atomic E-state index is 14.2. The predicted molar refractivity (Wildman–Crippen MR) is 85.2 cm³/mol. The van der Waals surface area contributed by atoms with Gasteiger partial charge in [-0.15, -0.1) is 0 Å². The van der Waals surface area contributed by atoms with E-state index in [9.17, 15) is 4.39 Å². The summed E-state index contributed by atoms with van der Waals surface area (Å²) in [6.07, 6.45) is 2.36. The van der Waals surface area contributed by atoms with Crippen molar-refractivity contribution in [1.82, 2.24) is 5.32 Å². The highest BCUT2D eigenvalue weighted by atomic mass is 19.1. The molecule has 0 amide bonds. The molecule has 0 spiro atoms. The number of hydrogen-bond acceptors (Lipinski definition) is 3. The zero-order valence-corrected chi connectivity index (χ0v) is 13.4. The van der Waals surface area contributed by atoms with Crippen LogP contribution in [0.1, 0.15) is 32.3 Å². The molecule has 0 bridgehead atoms. The van der Waals surface area contributed by atoms with Gasteiger partial charge in [0, 0.05) is 38.0 Å². The Kier molecular flexibility index (Phi) is 6.00. The highest BCUT2D eigenvalue weighted by Gasteiger charge is 2.21. The summed E-state index contributed by atoms with van der Waals surface area (Å²) in [6.45, 7) is 7.66. The number of hydrogen-bond donors (Lipinski definition) is 1. The first kappa shape index (κ1) is 16.2. The largest absolute Gasteiger partial charge is 0.381 e. The maximum Gasteiger partial charge on any atom is 0.129 e. The van der Waals surface area contributed by atoms with Crippen LogP contribution in [-0.2, 0) is 11.3 Å². The lowest BCUT2D eigenvalue weighted by Crippen LogP contribution is -2.37. The molecule has 0 aliphatic carbocycles. The summed E-state index contributed by atoms with van der Waals surface area (Å²) in [5, 5.41) is 3.35. The van der Waals surface area contributed by atoms with Gasteiger partial charge in [-0.3, -0.25) is 0 Å². The fraction of sp³-hybridized carbons (Fsp3) is 0.647. The minimum absolute atomic E-state index is 0.113. The van der Waals surface area contributed by atoms with E-state index in [1.165, 1.54) is 0 Å². The monoisotopic (exact) mass is 294 g/mol. The van der Waals surface area contributed by atoms with Crippen molar-refractivity contribution < 1.29 is 9.13 Å². The van der Waals surface area contributed by atoms with Gasteiger partial charge in [-0.1, -0.05) is 19.9 Å². The molecule has 2 rings (SSSR count). The van der Waals surface area contributed by atoms with Crippen molar-refractivity contribution in [1.29, 1.82) is 0 Å². The van der Waals surface area contributed by atoms with Gasteiger partial charge < -0.3 is 15.0 Å². The molecule has 1 aromatic rings. The Morgan fingerprint density at radius 1 is 1.33 bits per heavy atom. The molecule has 0 unspecified atom stereocenters. The molecule has 1 fully saturated rings. The first-order valence-electron chi connectivity index (χ1n) is 7.87. The van der Waals surface area contributed by atoms with Gasteiger partial charge >= 0.3 is 0 Å². The molecule has 1 N–H and O–H groups in total. The van der Waals surface area contributed by atoms with E-state index >= 15 is 0 Å². The van der Waals surface area contributed by atoms with E-state index in [4.69, 9.17) is 4.74 Å². The van der Waals surface area contributed by atoms with Crippen molar-refractivity contribution in [3.8, 4) is 0 Å². The average Bonchev–Trinajstić information content (AvgIpc) is 2.48. The predicted octanol–water partition coefficient (Wildman–Crippen LogP) is 3.19. The molecule has 0 aromatic heterocycles. The second-order valence-corrected chi connectivity index (χ2v) is 6.18. The van der Waals surface area contributed by atoms with E-state index in [1.807, 2.05) is 6.07 Å². The summed E-state index contributed by atoms with van der Waals surface area (Å²) in [4.78, 5) is 2.28. The summed E-state index contributed by atoms with van der Waals surface area (Å²) in [6, 6.07) is 5.39. The van der Waals surface area contributed by atoms with E-state index in [-0.39, 0.29) is 5.82 Å². The number of nitrogens with zero attached hydrogens (tertiary/aromatic N) is 1. The van der Waals surface area contributed by atoms with Crippen molar-refractivity contribution in [2.24, 2.45) is 5.92 Å². The summed E-state index contributed by atoms with van der Waals surface area (Å²) in [5.41, 5.74) is 1.81. The molecule has 0 atom stereocenters. The first-order valence-corrected chi connectivity index (χ1v) is 7.87. The molecule has 1 heterocycles. The van der Waals surface area contributed by atoms with Gasteiger partial charge in [-0.2, -0.15) is 0 Å². The van der Waals surface area contributed by atoms with Gasteiger partial charge in [0.2, 0.25) is 0 Å². The van der Waals surface area contributed by atoms with Crippen LogP contribution in [0.3, 0.4) is 0 Å². The van der Waals surface area contributed by atoms with Crippen LogP contribution in [0.25, 0.3) is 0 Å². The molecule has 1 aliphatic heterocycles. The van der Waals surface area contributed by atoms with Gasteiger partial charge in [0.15, 0.2) is 0 Å². The summed E-state index contributed by atoms with van der Waals surface area (Å²) in [5.74, 6) is 0.454. The minimum Gasteiger partial charge on any atom is -0.381 e. The highest BCUT2D eigenvalue weighted by molar-refractivity contribution is 5.54. The fourth-order valence-corrected chi connectivity index (χ4v) is 2.84. The van der Waals surface area contributed by atoms with Crippen LogP contribution in [0.4, 0.5) is 10.1 Å². The number of methoxy groups -OCH3 is 1.